The number of phosphoric acid groups is 1. The molecule has 1 unspecified atom stereocenters. The smallest absolute Gasteiger partial charge is 0.265 e. The number of rotatable bonds is 20. The molecule has 0 aliphatic carbocycles. The van der Waals surface area contributed by atoms with Gasteiger partial charge in [-0.1, -0.05) is 68.4 Å². The van der Waals surface area contributed by atoms with E-state index >= 15 is 0 Å². The molecule has 0 saturated carbocycles. The second-order valence-electron chi connectivity index (χ2n) is 7.27. The topological polar surface area (TPSA) is 105 Å². The van der Waals surface area contributed by atoms with Crippen molar-refractivity contribution in [2.75, 3.05) is 13.2 Å². The summed E-state index contributed by atoms with van der Waals surface area (Å²) in [6.45, 7) is 2.48. The van der Waals surface area contributed by atoms with E-state index in [0.29, 0.717) is 25.8 Å². The van der Waals surface area contributed by atoms with Crippen LogP contribution < -0.4 is 10.00 Å². The molecule has 7 heteroatoms. The minimum atomic E-state index is -4.64. The van der Waals surface area contributed by atoms with Crippen molar-refractivity contribution in [1.29, 1.82) is 0 Å². The van der Waals surface area contributed by atoms with E-state index in [0.717, 1.165) is 32.1 Å². The first-order chi connectivity index (χ1) is 15.0. The fraction of sp³-hybridized carbons (Fsp3) is 0.625. The third-order valence-corrected chi connectivity index (χ3v) is 4.82. The molecule has 0 saturated heterocycles. The van der Waals surface area contributed by atoms with Gasteiger partial charge in [-0.3, -0.25) is 4.57 Å². The molecule has 0 aliphatic rings. The minimum Gasteiger partial charge on any atom is -0.862 e. The molecule has 31 heavy (non-hydrogen) atoms. The average Bonchev–Trinajstić information content (AvgIpc) is 2.72. The van der Waals surface area contributed by atoms with Crippen LogP contribution in [0, 0.1) is 0 Å². The Hall–Kier alpha value is -1.46. The number of unbranched alkanes of at least 4 members (excludes halogenated alkanes) is 5. The van der Waals surface area contributed by atoms with Crippen LogP contribution in [0.1, 0.15) is 84.0 Å². The number of allylic oxidation sites excluding steroid dienone is 8. The van der Waals surface area contributed by atoms with Crippen molar-refractivity contribution in [3.8, 4) is 0 Å². The molecular weight excluding hydrogens is 413 g/mol. The zero-order valence-corrected chi connectivity index (χ0v) is 19.9. The highest BCUT2D eigenvalue weighted by Gasteiger charge is 1.99. The van der Waals surface area contributed by atoms with Crippen molar-refractivity contribution in [3.63, 3.8) is 0 Å². The van der Waals surface area contributed by atoms with E-state index in [-0.39, 0.29) is 12.5 Å². The van der Waals surface area contributed by atoms with Crippen LogP contribution in [-0.4, -0.2) is 23.9 Å². The standard InChI is InChI=1S/C24H42NO5P/c1-2-3-4-5-6-7-8-9-10-11-12-13-14-15-16-17-18-21-24(26)25-22-19-20-23-30-31(27,28)29/h6-7,9-10,12-13,15-16H,2-5,8,11,14,17-23H2,1H3,(H,25,26)(H2,27,28,29)/p-2/b7-6-,10-9-,13-12-,16-15-. The van der Waals surface area contributed by atoms with Gasteiger partial charge in [0.1, 0.15) is 0 Å². The average molecular weight is 454 g/mol. The molecule has 0 rings (SSSR count). The van der Waals surface area contributed by atoms with E-state index in [2.05, 4.69) is 65.0 Å². The van der Waals surface area contributed by atoms with Gasteiger partial charge in [-0.25, -0.2) is 0 Å². The number of hydrogen-bond acceptors (Lipinski definition) is 5. The fourth-order valence-corrected chi connectivity index (χ4v) is 2.97. The van der Waals surface area contributed by atoms with Gasteiger partial charge in [0.2, 0.25) is 0 Å². The van der Waals surface area contributed by atoms with Crippen molar-refractivity contribution < 1.29 is 24.0 Å². The Morgan fingerprint density at radius 1 is 0.871 bits per heavy atom. The van der Waals surface area contributed by atoms with Crippen molar-refractivity contribution in [3.05, 3.63) is 48.6 Å². The maximum Gasteiger partial charge on any atom is 0.265 e. The van der Waals surface area contributed by atoms with E-state index in [1.54, 1.807) is 0 Å². The lowest BCUT2D eigenvalue weighted by atomic mass is 10.2. The molecule has 0 bridgehead atoms. The molecule has 6 nitrogen and oxygen atoms in total. The van der Waals surface area contributed by atoms with Crippen LogP contribution in [0.2, 0.25) is 0 Å². The fourth-order valence-electron chi connectivity index (χ4n) is 2.61. The number of nitrogens with zero attached hydrogens (tertiary/aromatic N) is 1. The maximum absolute atomic E-state index is 11.6. The Labute approximate surface area is 188 Å². The van der Waals surface area contributed by atoms with Gasteiger partial charge in [0.05, 0.1) is 6.61 Å². The minimum absolute atomic E-state index is 0.0902. The summed E-state index contributed by atoms with van der Waals surface area (Å²) in [5, 5.41) is 11.6. The molecule has 0 amide bonds. The summed E-state index contributed by atoms with van der Waals surface area (Å²) in [6, 6.07) is 0. The molecule has 1 N–H and O–H groups in total. The number of aliphatic imine (C=N–C) groups is 1. The van der Waals surface area contributed by atoms with Crippen LogP contribution in [-0.2, 0) is 9.09 Å². The first kappa shape index (κ1) is 29.5. The van der Waals surface area contributed by atoms with Gasteiger partial charge in [0, 0.05) is 6.54 Å². The zero-order valence-electron chi connectivity index (χ0n) is 19.0. The molecule has 0 heterocycles. The van der Waals surface area contributed by atoms with Gasteiger partial charge < -0.3 is 24.4 Å². The first-order valence-electron chi connectivity index (χ1n) is 11.4. The lowest BCUT2D eigenvalue weighted by Gasteiger charge is -2.15. The molecule has 0 radical (unpaired) electrons. The lowest BCUT2D eigenvalue weighted by molar-refractivity contribution is -0.220. The van der Waals surface area contributed by atoms with Crippen molar-refractivity contribution in [1.82, 2.24) is 0 Å². The van der Waals surface area contributed by atoms with Crippen LogP contribution in [0.3, 0.4) is 0 Å². The van der Waals surface area contributed by atoms with Gasteiger partial charge in [0.25, 0.3) is 7.82 Å². The highest BCUT2D eigenvalue weighted by atomic mass is 31.2. The Morgan fingerprint density at radius 2 is 1.42 bits per heavy atom. The van der Waals surface area contributed by atoms with Crippen molar-refractivity contribution in [2.24, 2.45) is 4.99 Å². The third-order valence-electron chi connectivity index (χ3n) is 4.31. The monoisotopic (exact) mass is 453 g/mol. The normalized spacial score (nSPS) is 15.1. The molecule has 0 aromatic carbocycles. The van der Waals surface area contributed by atoms with E-state index in [1.165, 1.54) is 25.7 Å². The zero-order chi connectivity index (χ0) is 23.0. The first-order valence-corrected chi connectivity index (χ1v) is 12.9. The van der Waals surface area contributed by atoms with E-state index in [9.17, 15) is 14.6 Å². The summed E-state index contributed by atoms with van der Waals surface area (Å²) in [5.74, 6) is -0.131. The van der Waals surface area contributed by atoms with Crippen molar-refractivity contribution in [2.45, 2.75) is 84.0 Å². The summed E-state index contributed by atoms with van der Waals surface area (Å²) in [4.78, 5) is 22.7. The van der Waals surface area contributed by atoms with E-state index < -0.39 is 7.82 Å². The molecule has 178 valence electrons. The summed E-state index contributed by atoms with van der Waals surface area (Å²) < 4.78 is 14.6. The van der Waals surface area contributed by atoms with Gasteiger partial charge in [-0.2, -0.15) is 0 Å². The van der Waals surface area contributed by atoms with Gasteiger partial charge in [0.15, 0.2) is 0 Å². The molecule has 0 aromatic heterocycles. The summed E-state index contributed by atoms with van der Waals surface area (Å²) >= 11 is 0. The highest BCUT2D eigenvalue weighted by Crippen LogP contribution is 2.30. The molecule has 0 aliphatic heterocycles. The van der Waals surface area contributed by atoms with Crippen molar-refractivity contribution >= 4 is 13.7 Å². The second-order valence-corrected chi connectivity index (χ2v) is 8.46. The number of hydrogen-bond donors (Lipinski definition) is 1. The van der Waals surface area contributed by atoms with Gasteiger partial charge in [-0.05, 0) is 70.1 Å². The summed E-state index contributed by atoms with van der Waals surface area (Å²) in [6.07, 6.45) is 28.3. The Kier molecular flexibility index (Phi) is 20.7. The number of phosphoric ester groups is 1. The quantitative estimate of drug-likeness (QED) is 0.0902. The summed E-state index contributed by atoms with van der Waals surface area (Å²) in [5.41, 5.74) is 0. The largest absolute Gasteiger partial charge is 0.862 e. The van der Waals surface area contributed by atoms with E-state index in [1.807, 2.05) is 0 Å². The molecule has 0 spiro atoms. The Bertz CT molecular complexity index is 605. The molecule has 0 fully saturated rings. The van der Waals surface area contributed by atoms with Crippen LogP contribution in [0.4, 0.5) is 0 Å². The van der Waals surface area contributed by atoms with Crippen LogP contribution in [0.15, 0.2) is 53.6 Å². The van der Waals surface area contributed by atoms with Gasteiger partial charge in [-0.15, -0.1) is 0 Å². The maximum atomic E-state index is 11.6. The van der Waals surface area contributed by atoms with Crippen LogP contribution in [0.5, 0.6) is 0 Å². The summed E-state index contributed by atoms with van der Waals surface area (Å²) in [7, 11) is -4.64. The predicted octanol–water partition coefficient (Wildman–Crippen LogP) is 5.15. The van der Waals surface area contributed by atoms with Crippen LogP contribution in [0.25, 0.3) is 0 Å². The lowest BCUT2D eigenvalue weighted by Crippen LogP contribution is -2.17. The van der Waals surface area contributed by atoms with Crippen LogP contribution >= 0.6 is 7.82 Å². The Balaban J connectivity index is 3.56. The van der Waals surface area contributed by atoms with E-state index in [4.69, 9.17) is 4.89 Å². The molecular formula is C24H40NO5P-2. The SMILES string of the molecule is CCCCC/C=C\C/C=C\C/C=C\C/C=C\CCCC([O-])=NCCCCOP(=O)([O-])O. The molecule has 1 atom stereocenters. The molecule has 0 aromatic rings. The third kappa shape index (κ3) is 26.5. The predicted molar refractivity (Wildman–Crippen MR) is 126 cm³/mol. The van der Waals surface area contributed by atoms with Gasteiger partial charge >= 0.3 is 0 Å². The highest BCUT2D eigenvalue weighted by molar-refractivity contribution is 7.44. The second kappa shape index (κ2) is 21.8. The Morgan fingerprint density at radius 3 is 1.97 bits per heavy atom.